The second kappa shape index (κ2) is 15.5. The first kappa shape index (κ1) is 39.4. The molecule has 0 radical (unpaired) electrons. The Morgan fingerprint density at radius 2 is 1.78 bits per heavy atom. The van der Waals surface area contributed by atoms with Crippen molar-refractivity contribution in [1.82, 2.24) is 25.4 Å². The summed E-state index contributed by atoms with van der Waals surface area (Å²) < 4.78 is 9.01. The molecule has 7 nitrogen and oxygen atoms in total. The SMILES string of the molecule is CC1=CC2C3CC(C)C=CC3N(C3CC(n4c5c(c6cc(C)ccc64)CC(C)C=C5)=C(C#N)C=C3C3NC(c4ccc5c(c4)OC4=CC=CCC45)NC(C4C=CCCC4)N3)C2C=C1. The number of nitriles is 1. The van der Waals surface area contributed by atoms with E-state index in [1.54, 1.807) is 0 Å². The summed E-state index contributed by atoms with van der Waals surface area (Å²) in [4.78, 5) is 2.87. The molecule has 0 spiro atoms. The van der Waals surface area contributed by atoms with Crippen molar-refractivity contribution in [3.63, 3.8) is 0 Å². The van der Waals surface area contributed by atoms with Gasteiger partial charge in [-0.05, 0) is 123 Å². The Balaban J connectivity index is 1.02. The zero-order chi connectivity index (χ0) is 42.5. The standard InChI is InChI=1S/C56H60N6O/c1-32-14-20-46-41(24-32)42-25-33(2)15-21-47(42)61(46)50-30-51(62-48-22-16-34(3)26-43(48)44-27-35(4)17-23-49(44)62)45(28-38(50)31-57)56-59-54(36-10-6-5-7-11-36)58-55(60-56)37-18-19-40-39-12-8-9-13-52(39)63-53(40)29-37/h6,8-10,13-24,26,28-29,33,35-36,39,43-44,48-49,51,54-56,58-60H,5,7,11-12,25,27,30H2,1-4H3. The normalized spacial score (nSPS) is 35.3. The van der Waals surface area contributed by atoms with E-state index in [-0.39, 0.29) is 36.6 Å². The molecule has 3 aromatic rings. The lowest BCUT2D eigenvalue weighted by Gasteiger charge is -2.48. The fourth-order valence-corrected chi connectivity index (χ4v) is 13.0. The molecule has 7 heteroatoms. The van der Waals surface area contributed by atoms with E-state index in [1.165, 1.54) is 62.8 Å². The summed E-state index contributed by atoms with van der Waals surface area (Å²) >= 11 is 0. The van der Waals surface area contributed by atoms with Crippen LogP contribution in [-0.2, 0) is 6.42 Å². The summed E-state index contributed by atoms with van der Waals surface area (Å²) in [5, 5.41) is 25.0. The molecule has 0 bridgehead atoms. The van der Waals surface area contributed by atoms with E-state index in [1.807, 2.05) is 0 Å². The van der Waals surface area contributed by atoms with Crippen molar-refractivity contribution < 1.29 is 4.74 Å². The van der Waals surface area contributed by atoms with Crippen molar-refractivity contribution in [3.05, 3.63) is 160 Å². The van der Waals surface area contributed by atoms with Gasteiger partial charge in [-0.3, -0.25) is 20.9 Å². The van der Waals surface area contributed by atoms with Crippen LogP contribution in [0.15, 0.2) is 132 Å². The van der Waals surface area contributed by atoms with Crippen LogP contribution in [0.3, 0.4) is 0 Å². The lowest BCUT2D eigenvalue weighted by molar-refractivity contribution is 0.138. The van der Waals surface area contributed by atoms with Gasteiger partial charge in [-0.25, -0.2) is 0 Å². The van der Waals surface area contributed by atoms with Crippen LogP contribution in [0.5, 0.6) is 5.75 Å². The number of hydrogen-bond acceptors (Lipinski definition) is 6. The molecule has 0 amide bonds. The smallest absolute Gasteiger partial charge is 0.131 e. The number of likely N-dealkylation sites (tertiary alicyclic amines) is 1. The molecule has 12 unspecified atom stereocenters. The number of aryl methyl sites for hydroxylation is 1. The van der Waals surface area contributed by atoms with Crippen molar-refractivity contribution in [1.29, 1.82) is 5.26 Å². The van der Waals surface area contributed by atoms with Gasteiger partial charge in [-0.15, -0.1) is 0 Å². The number of rotatable bonds is 5. The van der Waals surface area contributed by atoms with Crippen LogP contribution < -0.4 is 20.7 Å². The van der Waals surface area contributed by atoms with Crippen molar-refractivity contribution in [3.8, 4) is 11.8 Å². The van der Waals surface area contributed by atoms with Crippen LogP contribution in [-0.4, -0.2) is 39.9 Å². The molecular weight excluding hydrogens is 773 g/mol. The Labute approximate surface area is 373 Å². The average Bonchev–Trinajstić information content (AvgIpc) is 3.95. The van der Waals surface area contributed by atoms with Crippen LogP contribution in [0, 0.1) is 47.8 Å². The van der Waals surface area contributed by atoms with E-state index in [2.05, 4.69) is 175 Å². The monoisotopic (exact) mass is 832 g/mol. The molecule has 320 valence electrons. The minimum absolute atomic E-state index is 0.0244. The molecule has 4 heterocycles. The third-order valence-corrected chi connectivity index (χ3v) is 16.0. The highest BCUT2D eigenvalue weighted by Crippen LogP contribution is 2.51. The van der Waals surface area contributed by atoms with Gasteiger partial charge in [0.2, 0.25) is 0 Å². The van der Waals surface area contributed by atoms with Crippen molar-refractivity contribution in [2.75, 3.05) is 0 Å². The Kier molecular flexibility index (Phi) is 9.68. The highest BCUT2D eigenvalue weighted by Gasteiger charge is 2.53. The van der Waals surface area contributed by atoms with Gasteiger partial charge in [0.15, 0.2) is 0 Å². The maximum Gasteiger partial charge on any atom is 0.131 e. The maximum atomic E-state index is 11.4. The molecule has 6 aliphatic carbocycles. The third kappa shape index (κ3) is 6.59. The molecule has 2 saturated heterocycles. The van der Waals surface area contributed by atoms with E-state index in [0.29, 0.717) is 35.5 Å². The van der Waals surface area contributed by atoms with Crippen molar-refractivity contribution in [2.45, 2.75) is 115 Å². The van der Waals surface area contributed by atoms with Gasteiger partial charge < -0.3 is 9.30 Å². The number of ether oxygens (including phenoxy) is 1. The first-order valence-electron chi connectivity index (χ1n) is 23.9. The van der Waals surface area contributed by atoms with Crippen molar-refractivity contribution >= 4 is 22.7 Å². The maximum absolute atomic E-state index is 11.4. The van der Waals surface area contributed by atoms with Gasteiger partial charge in [-0.1, -0.05) is 104 Å². The van der Waals surface area contributed by atoms with E-state index < -0.39 is 0 Å². The molecule has 9 aliphatic rings. The number of nitrogens with one attached hydrogen (secondary N) is 3. The Morgan fingerprint density at radius 1 is 0.873 bits per heavy atom. The molecule has 3 N–H and O–H groups in total. The second-order valence-electron chi connectivity index (χ2n) is 20.2. The number of hydrogen-bond donors (Lipinski definition) is 3. The Bertz CT molecular complexity index is 2730. The van der Waals surface area contributed by atoms with Gasteiger partial charge in [0.1, 0.15) is 17.6 Å². The van der Waals surface area contributed by atoms with E-state index >= 15 is 0 Å². The lowest BCUT2D eigenvalue weighted by Crippen LogP contribution is -2.67. The van der Waals surface area contributed by atoms with E-state index in [9.17, 15) is 5.26 Å². The highest BCUT2D eigenvalue weighted by atomic mass is 16.5. The lowest BCUT2D eigenvalue weighted by atomic mass is 9.76. The summed E-state index contributed by atoms with van der Waals surface area (Å²) in [6.07, 6.45) is 37.8. The molecule has 2 fully saturated rings. The molecule has 1 aromatic heterocycles. The largest absolute Gasteiger partial charge is 0.461 e. The topological polar surface area (TPSA) is 77.3 Å². The number of allylic oxidation sites excluding steroid dienone is 11. The molecule has 3 aliphatic heterocycles. The average molecular weight is 833 g/mol. The molecule has 12 atom stereocenters. The first-order chi connectivity index (χ1) is 30.8. The molecule has 0 saturated carbocycles. The van der Waals surface area contributed by atoms with Gasteiger partial charge in [0.25, 0.3) is 0 Å². The minimum atomic E-state index is -0.192. The second-order valence-corrected chi connectivity index (χ2v) is 20.2. The molecule has 63 heavy (non-hydrogen) atoms. The van der Waals surface area contributed by atoms with Crippen LogP contribution in [0.2, 0.25) is 0 Å². The minimum Gasteiger partial charge on any atom is -0.461 e. The van der Waals surface area contributed by atoms with Gasteiger partial charge in [-0.2, -0.15) is 5.26 Å². The van der Waals surface area contributed by atoms with Crippen LogP contribution in [0.1, 0.15) is 99.3 Å². The molecule has 2 aromatic carbocycles. The first-order valence-corrected chi connectivity index (χ1v) is 23.9. The zero-order valence-electron chi connectivity index (χ0n) is 37.1. The fourth-order valence-electron chi connectivity index (χ4n) is 13.0. The summed E-state index contributed by atoms with van der Waals surface area (Å²) in [6.45, 7) is 9.17. The Morgan fingerprint density at radius 3 is 2.65 bits per heavy atom. The van der Waals surface area contributed by atoms with Crippen LogP contribution >= 0.6 is 0 Å². The predicted molar refractivity (Wildman–Crippen MR) is 254 cm³/mol. The summed E-state index contributed by atoms with van der Waals surface area (Å²) in [5.74, 6) is 4.63. The fraction of sp³-hybridized carbons (Fsp3) is 0.411. The van der Waals surface area contributed by atoms with Crippen molar-refractivity contribution in [2.24, 2.45) is 29.6 Å². The quantitative estimate of drug-likeness (QED) is 0.222. The number of nitrogens with zero attached hydrogens (tertiary/aromatic N) is 3. The summed E-state index contributed by atoms with van der Waals surface area (Å²) in [6, 6.07) is 17.1. The molecule has 12 rings (SSSR count). The van der Waals surface area contributed by atoms with Gasteiger partial charge in [0, 0.05) is 64.6 Å². The Hall–Kier alpha value is -5.23. The summed E-state index contributed by atoms with van der Waals surface area (Å²) in [5.41, 5.74) is 12.0. The number of fused-ring (bicyclic) bond motifs is 9. The van der Waals surface area contributed by atoms with Gasteiger partial charge in [0.05, 0.1) is 29.6 Å². The predicted octanol–water partition coefficient (Wildman–Crippen LogP) is 10.8. The van der Waals surface area contributed by atoms with E-state index in [0.717, 1.165) is 54.9 Å². The third-order valence-electron chi connectivity index (χ3n) is 16.0. The number of benzene rings is 2. The van der Waals surface area contributed by atoms with E-state index in [4.69, 9.17) is 4.74 Å². The number of aromatic nitrogens is 1. The van der Waals surface area contributed by atoms with Crippen LogP contribution in [0.25, 0.3) is 22.7 Å². The van der Waals surface area contributed by atoms with Crippen LogP contribution in [0.4, 0.5) is 0 Å². The molecular formula is C56H60N6O. The van der Waals surface area contributed by atoms with Gasteiger partial charge >= 0.3 is 0 Å². The zero-order valence-corrected chi connectivity index (χ0v) is 37.1. The summed E-state index contributed by atoms with van der Waals surface area (Å²) in [7, 11) is 0. The highest BCUT2D eigenvalue weighted by molar-refractivity contribution is 5.93.